The molecule has 0 aromatic carbocycles. The van der Waals surface area contributed by atoms with Crippen LogP contribution in [0.25, 0.3) is 0 Å². The monoisotopic (exact) mass is 270 g/mol. The number of nitrogens with zero attached hydrogens (tertiary/aromatic N) is 1. The van der Waals surface area contributed by atoms with E-state index in [9.17, 15) is 9.59 Å². The van der Waals surface area contributed by atoms with Gasteiger partial charge in [0.15, 0.2) is 10.7 Å². The van der Waals surface area contributed by atoms with E-state index in [0.29, 0.717) is 0 Å². The van der Waals surface area contributed by atoms with E-state index in [2.05, 4.69) is 17.2 Å². The molecule has 5 nitrogen and oxygen atoms in total. The molecule has 100 valence electrons. The summed E-state index contributed by atoms with van der Waals surface area (Å²) in [7, 11) is 0. The quantitative estimate of drug-likeness (QED) is 0.746. The Morgan fingerprint density at radius 2 is 2.22 bits per heavy atom. The van der Waals surface area contributed by atoms with Crippen molar-refractivity contribution in [3.05, 3.63) is 16.1 Å². The Hall–Kier alpha value is -1.43. The van der Waals surface area contributed by atoms with Gasteiger partial charge in [-0.05, 0) is 13.3 Å². The molecule has 0 aliphatic heterocycles. The third-order valence-electron chi connectivity index (χ3n) is 2.54. The minimum Gasteiger partial charge on any atom is -0.476 e. The number of thiazole rings is 1. The fourth-order valence-corrected chi connectivity index (χ4v) is 2.23. The number of carbonyl (C=O) groups is 2. The van der Waals surface area contributed by atoms with Crippen molar-refractivity contribution in [1.29, 1.82) is 0 Å². The molecular formula is C12H18N2O3S. The first kappa shape index (κ1) is 14.6. The normalized spacial score (nSPS) is 12.1. The zero-order valence-electron chi connectivity index (χ0n) is 10.6. The van der Waals surface area contributed by atoms with Crippen molar-refractivity contribution in [3.63, 3.8) is 0 Å². The van der Waals surface area contributed by atoms with Crippen LogP contribution in [0.15, 0.2) is 5.38 Å². The maximum Gasteiger partial charge on any atom is 0.355 e. The average molecular weight is 270 g/mol. The zero-order chi connectivity index (χ0) is 13.5. The summed E-state index contributed by atoms with van der Waals surface area (Å²) in [4.78, 5) is 26.2. The molecule has 0 bridgehead atoms. The number of hydrogen-bond donors (Lipinski definition) is 2. The molecule has 0 aliphatic carbocycles. The summed E-state index contributed by atoms with van der Waals surface area (Å²) in [5.41, 5.74) is -0.0798. The lowest BCUT2D eigenvalue weighted by atomic mass is 10.1. The topological polar surface area (TPSA) is 79.3 Å². The lowest BCUT2D eigenvalue weighted by molar-refractivity contribution is 0.0691. The number of carbonyl (C=O) groups excluding carboxylic acids is 1. The predicted molar refractivity (Wildman–Crippen MR) is 70.1 cm³/mol. The van der Waals surface area contributed by atoms with Crippen molar-refractivity contribution < 1.29 is 14.7 Å². The second kappa shape index (κ2) is 7.10. The first-order valence-electron chi connectivity index (χ1n) is 6.04. The van der Waals surface area contributed by atoms with Crippen LogP contribution < -0.4 is 5.32 Å². The van der Waals surface area contributed by atoms with E-state index < -0.39 is 5.97 Å². The molecule has 1 amide bonds. The highest BCUT2D eigenvalue weighted by Crippen LogP contribution is 2.10. The van der Waals surface area contributed by atoms with Crippen LogP contribution in [0.4, 0.5) is 0 Å². The molecular weight excluding hydrogens is 252 g/mol. The summed E-state index contributed by atoms with van der Waals surface area (Å²) in [5.74, 6) is -1.40. The van der Waals surface area contributed by atoms with Crippen LogP contribution in [-0.4, -0.2) is 28.0 Å². The number of amides is 1. The van der Waals surface area contributed by atoms with E-state index in [1.165, 1.54) is 5.38 Å². The molecule has 1 unspecified atom stereocenters. The summed E-state index contributed by atoms with van der Waals surface area (Å²) >= 11 is 1.05. The third kappa shape index (κ3) is 4.44. The Kier molecular flexibility index (Phi) is 5.77. The zero-order valence-corrected chi connectivity index (χ0v) is 11.4. The highest BCUT2D eigenvalue weighted by molar-refractivity contribution is 7.11. The number of aromatic nitrogens is 1. The van der Waals surface area contributed by atoms with Crippen LogP contribution in [0, 0.1) is 0 Å². The lowest BCUT2D eigenvalue weighted by Gasteiger charge is -2.12. The number of nitrogens with one attached hydrogen (secondary N) is 1. The molecule has 2 N–H and O–H groups in total. The van der Waals surface area contributed by atoms with Gasteiger partial charge in [0.2, 0.25) is 0 Å². The number of carboxylic acids is 1. The molecule has 1 rings (SSSR count). The smallest absolute Gasteiger partial charge is 0.355 e. The van der Waals surface area contributed by atoms with Crippen molar-refractivity contribution in [2.75, 3.05) is 0 Å². The van der Waals surface area contributed by atoms with Crippen LogP contribution in [-0.2, 0) is 0 Å². The van der Waals surface area contributed by atoms with Crippen LogP contribution in [0.1, 0.15) is 59.8 Å². The second-order valence-corrected chi connectivity index (χ2v) is 5.07. The van der Waals surface area contributed by atoms with Crippen molar-refractivity contribution in [3.8, 4) is 0 Å². The largest absolute Gasteiger partial charge is 0.476 e. The van der Waals surface area contributed by atoms with E-state index in [-0.39, 0.29) is 22.7 Å². The third-order valence-corrected chi connectivity index (χ3v) is 3.38. The molecule has 1 heterocycles. The van der Waals surface area contributed by atoms with E-state index in [1.807, 2.05) is 6.92 Å². The summed E-state index contributed by atoms with van der Waals surface area (Å²) < 4.78 is 0. The maximum absolute atomic E-state index is 11.8. The molecule has 1 atom stereocenters. The number of carboxylic acid groups (broad SMARTS) is 1. The second-order valence-electron chi connectivity index (χ2n) is 4.21. The Bertz CT molecular complexity index is 417. The Balaban J connectivity index is 2.46. The molecule has 0 radical (unpaired) electrons. The van der Waals surface area contributed by atoms with Gasteiger partial charge >= 0.3 is 5.97 Å². The van der Waals surface area contributed by atoms with Gasteiger partial charge in [0.1, 0.15) is 0 Å². The fraction of sp³-hybridized carbons (Fsp3) is 0.583. The van der Waals surface area contributed by atoms with Crippen LogP contribution in [0.5, 0.6) is 0 Å². The van der Waals surface area contributed by atoms with Crippen molar-refractivity contribution in [2.45, 2.75) is 45.6 Å². The molecule has 1 aromatic heterocycles. The predicted octanol–water partition coefficient (Wildman–Crippen LogP) is 2.54. The Morgan fingerprint density at radius 1 is 1.50 bits per heavy atom. The molecule has 0 fully saturated rings. The maximum atomic E-state index is 11.8. The van der Waals surface area contributed by atoms with E-state index in [0.717, 1.165) is 37.0 Å². The minimum atomic E-state index is -1.11. The van der Waals surface area contributed by atoms with Gasteiger partial charge in [-0.1, -0.05) is 26.2 Å². The van der Waals surface area contributed by atoms with Gasteiger partial charge in [-0.15, -0.1) is 11.3 Å². The highest BCUT2D eigenvalue weighted by Gasteiger charge is 2.16. The molecule has 6 heteroatoms. The van der Waals surface area contributed by atoms with E-state index in [1.54, 1.807) is 0 Å². The number of rotatable bonds is 7. The van der Waals surface area contributed by atoms with Crippen LogP contribution in [0.3, 0.4) is 0 Å². The van der Waals surface area contributed by atoms with Crippen LogP contribution in [0.2, 0.25) is 0 Å². The summed E-state index contributed by atoms with van der Waals surface area (Å²) in [6, 6.07) is 0.0845. The highest BCUT2D eigenvalue weighted by atomic mass is 32.1. The van der Waals surface area contributed by atoms with Gasteiger partial charge in [-0.25, -0.2) is 9.78 Å². The van der Waals surface area contributed by atoms with Gasteiger partial charge in [0.25, 0.3) is 5.91 Å². The number of unbranched alkanes of at least 4 members (excludes halogenated alkanes) is 2. The van der Waals surface area contributed by atoms with Gasteiger partial charge < -0.3 is 10.4 Å². The first-order valence-corrected chi connectivity index (χ1v) is 6.92. The molecule has 0 spiro atoms. The molecule has 0 saturated heterocycles. The number of hydrogen-bond acceptors (Lipinski definition) is 4. The standard InChI is InChI=1S/C12H18N2O3S/c1-3-4-5-6-8(2)13-10(15)11-14-9(7-18-11)12(16)17/h7-8H,3-6H2,1-2H3,(H,13,15)(H,16,17). The van der Waals surface area contributed by atoms with Gasteiger partial charge in [0, 0.05) is 11.4 Å². The summed E-state index contributed by atoms with van der Waals surface area (Å²) in [5, 5.41) is 13.1. The van der Waals surface area contributed by atoms with E-state index >= 15 is 0 Å². The Morgan fingerprint density at radius 3 is 2.78 bits per heavy atom. The minimum absolute atomic E-state index is 0.0798. The molecule has 0 saturated carbocycles. The van der Waals surface area contributed by atoms with Gasteiger partial charge in [0.05, 0.1) is 0 Å². The molecule has 0 aliphatic rings. The average Bonchev–Trinajstić information content (AvgIpc) is 2.78. The van der Waals surface area contributed by atoms with Crippen molar-refractivity contribution in [2.24, 2.45) is 0 Å². The van der Waals surface area contributed by atoms with Gasteiger partial charge in [-0.3, -0.25) is 4.79 Å². The lowest BCUT2D eigenvalue weighted by Crippen LogP contribution is -2.32. The number of aromatic carboxylic acids is 1. The molecule has 18 heavy (non-hydrogen) atoms. The first-order chi connectivity index (χ1) is 8.54. The Labute approximate surface area is 110 Å². The summed E-state index contributed by atoms with van der Waals surface area (Å²) in [6.45, 7) is 4.07. The van der Waals surface area contributed by atoms with Crippen molar-refractivity contribution in [1.82, 2.24) is 10.3 Å². The molecule has 1 aromatic rings. The fourth-order valence-electron chi connectivity index (χ4n) is 1.53. The van der Waals surface area contributed by atoms with Gasteiger partial charge in [-0.2, -0.15) is 0 Å². The van der Waals surface area contributed by atoms with Crippen molar-refractivity contribution >= 4 is 23.2 Å². The summed E-state index contributed by atoms with van der Waals surface area (Å²) in [6.07, 6.45) is 4.31. The SMILES string of the molecule is CCCCCC(C)NC(=O)c1nc(C(=O)O)cs1. The van der Waals surface area contributed by atoms with Crippen LogP contribution >= 0.6 is 11.3 Å². The van der Waals surface area contributed by atoms with E-state index in [4.69, 9.17) is 5.11 Å².